The summed E-state index contributed by atoms with van der Waals surface area (Å²) in [5, 5.41) is 6.21. The number of aromatic nitrogens is 5. The molecule has 0 spiro atoms. The third kappa shape index (κ3) is 5.17. The van der Waals surface area contributed by atoms with Crippen LogP contribution in [0.15, 0.2) is 164 Å². The highest BCUT2D eigenvalue weighted by Crippen LogP contribution is 2.34. The Kier molecular flexibility index (Phi) is 6.74. The summed E-state index contributed by atoms with van der Waals surface area (Å²) in [5.74, 6) is 1.92. The molecule has 0 saturated carbocycles. The molecule has 2 aromatic heterocycles. The normalized spacial score (nSPS) is 11.1. The van der Waals surface area contributed by atoms with Gasteiger partial charge in [-0.25, -0.2) is 19.6 Å². The van der Waals surface area contributed by atoms with Crippen LogP contribution in [-0.2, 0) is 0 Å². The first kappa shape index (κ1) is 26.4. The summed E-state index contributed by atoms with van der Waals surface area (Å²) >= 11 is 0. The molecule has 0 bridgehead atoms. The lowest BCUT2D eigenvalue weighted by molar-refractivity contribution is 0.915. The largest absolute Gasteiger partial charge is 0.232 e. The lowest BCUT2D eigenvalue weighted by Crippen LogP contribution is -2.00. The second-order valence-electron chi connectivity index (χ2n) is 10.8. The number of benzene rings is 6. The number of fused-ring (bicyclic) bond motifs is 1. The van der Waals surface area contributed by atoms with E-state index in [0.717, 1.165) is 55.7 Å². The zero-order valence-electron chi connectivity index (χ0n) is 24.3. The summed E-state index contributed by atoms with van der Waals surface area (Å²) in [6.07, 6.45) is 0. The summed E-state index contributed by atoms with van der Waals surface area (Å²) in [4.78, 5) is 14.7. The molecule has 0 aliphatic heterocycles. The van der Waals surface area contributed by atoms with Crippen molar-refractivity contribution in [1.29, 1.82) is 0 Å². The molecule has 8 aromatic rings. The van der Waals surface area contributed by atoms with Crippen molar-refractivity contribution in [2.75, 3.05) is 0 Å². The average Bonchev–Trinajstić information content (AvgIpc) is 3.53. The Morgan fingerprint density at radius 1 is 0.356 bits per heavy atom. The van der Waals surface area contributed by atoms with Gasteiger partial charge in [0.05, 0.1) is 11.2 Å². The summed E-state index contributed by atoms with van der Waals surface area (Å²) in [7, 11) is 0. The third-order valence-corrected chi connectivity index (χ3v) is 7.88. The van der Waals surface area contributed by atoms with Crippen molar-refractivity contribution < 1.29 is 0 Å². The molecule has 0 N–H and O–H groups in total. The van der Waals surface area contributed by atoms with Gasteiger partial charge < -0.3 is 0 Å². The summed E-state index contributed by atoms with van der Waals surface area (Å²) < 4.78 is 2.02. The fourth-order valence-electron chi connectivity index (χ4n) is 5.67. The smallest absolute Gasteiger partial charge is 0.164 e. The second kappa shape index (κ2) is 11.5. The maximum absolute atomic E-state index is 5.10. The summed E-state index contributed by atoms with van der Waals surface area (Å²) in [6.45, 7) is 0. The number of rotatable bonds is 6. The van der Waals surface area contributed by atoms with Crippen molar-refractivity contribution in [2.24, 2.45) is 0 Å². The Bertz CT molecular complexity index is 2200. The first-order chi connectivity index (χ1) is 22.3. The maximum Gasteiger partial charge on any atom is 0.164 e. The zero-order valence-corrected chi connectivity index (χ0v) is 24.3. The molecule has 2 heterocycles. The van der Waals surface area contributed by atoms with E-state index in [1.54, 1.807) is 0 Å². The van der Waals surface area contributed by atoms with Gasteiger partial charge in [0.2, 0.25) is 0 Å². The predicted octanol–water partition coefficient (Wildman–Crippen LogP) is 9.55. The van der Waals surface area contributed by atoms with E-state index in [-0.39, 0.29) is 0 Å². The lowest BCUT2D eigenvalue weighted by atomic mass is 9.99. The molecule has 0 fully saturated rings. The monoisotopic (exact) mass is 577 g/mol. The van der Waals surface area contributed by atoms with Crippen LogP contribution < -0.4 is 0 Å². The van der Waals surface area contributed by atoms with Gasteiger partial charge in [-0.15, -0.1) is 0 Å². The van der Waals surface area contributed by atoms with Gasteiger partial charge in [-0.05, 0) is 41.5 Å². The first-order valence-electron chi connectivity index (χ1n) is 14.9. The van der Waals surface area contributed by atoms with Crippen LogP contribution in [0.3, 0.4) is 0 Å². The zero-order chi connectivity index (χ0) is 30.0. The Morgan fingerprint density at radius 2 is 0.800 bits per heavy atom. The van der Waals surface area contributed by atoms with Gasteiger partial charge in [-0.2, -0.15) is 5.10 Å². The van der Waals surface area contributed by atoms with Crippen molar-refractivity contribution in [3.05, 3.63) is 164 Å². The molecule has 0 saturated heterocycles. The van der Waals surface area contributed by atoms with E-state index in [4.69, 9.17) is 20.1 Å². The Balaban J connectivity index is 1.22. The number of hydrogen-bond donors (Lipinski definition) is 0. The van der Waals surface area contributed by atoms with Gasteiger partial charge in [0, 0.05) is 27.6 Å². The molecule has 0 atom stereocenters. The van der Waals surface area contributed by atoms with Crippen LogP contribution in [-0.4, -0.2) is 24.7 Å². The molecule has 45 heavy (non-hydrogen) atoms. The van der Waals surface area contributed by atoms with Gasteiger partial charge in [0.25, 0.3) is 0 Å². The van der Waals surface area contributed by atoms with Crippen LogP contribution in [0.2, 0.25) is 0 Å². The van der Waals surface area contributed by atoms with E-state index in [0.29, 0.717) is 17.5 Å². The van der Waals surface area contributed by atoms with Gasteiger partial charge in [0.15, 0.2) is 17.5 Å². The molecule has 0 radical (unpaired) electrons. The fraction of sp³-hybridized carbons (Fsp3) is 0. The van der Waals surface area contributed by atoms with Crippen molar-refractivity contribution >= 4 is 10.9 Å². The van der Waals surface area contributed by atoms with Crippen LogP contribution in [0.25, 0.3) is 73.1 Å². The fourth-order valence-corrected chi connectivity index (χ4v) is 5.67. The van der Waals surface area contributed by atoms with Crippen LogP contribution in [0.4, 0.5) is 0 Å². The SMILES string of the molecule is c1ccc(-c2nc(-c3ccccc3)nc(-c3cccc(-c4cccc(-c5nn(-c6ccccc6)c6ccccc56)c4)c3)n2)cc1. The highest BCUT2D eigenvalue weighted by atomic mass is 15.3. The van der Waals surface area contributed by atoms with Crippen molar-refractivity contribution in [2.45, 2.75) is 0 Å². The van der Waals surface area contributed by atoms with E-state index in [1.807, 2.05) is 83.5 Å². The molecule has 5 nitrogen and oxygen atoms in total. The topological polar surface area (TPSA) is 56.5 Å². The average molecular weight is 578 g/mol. The van der Waals surface area contributed by atoms with Crippen LogP contribution in [0, 0.1) is 0 Å². The number of hydrogen-bond acceptors (Lipinski definition) is 4. The van der Waals surface area contributed by atoms with Gasteiger partial charge in [-0.1, -0.05) is 133 Å². The minimum atomic E-state index is 0.633. The molecule has 212 valence electrons. The Hall–Kier alpha value is -6.20. The van der Waals surface area contributed by atoms with Crippen molar-refractivity contribution in [3.8, 4) is 62.2 Å². The van der Waals surface area contributed by atoms with Crippen molar-refractivity contribution in [3.63, 3.8) is 0 Å². The molecule has 8 rings (SSSR count). The molecule has 0 aliphatic rings. The third-order valence-electron chi connectivity index (χ3n) is 7.88. The van der Waals surface area contributed by atoms with Gasteiger partial charge >= 0.3 is 0 Å². The Labute approximate surface area is 261 Å². The quantitative estimate of drug-likeness (QED) is 0.197. The van der Waals surface area contributed by atoms with Crippen LogP contribution in [0.1, 0.15) is 0 Å². The lowest BCUT2D eigenvalue weighted by Gasteiger charge is -2.10. The molecule has 0 unspecified atom stereocenters. The van der Waals surface area contributed by atoms with Crippen molar-refractivity contribution in [1.82, 2.24) is 24.7 Å². The van der Waals surface area contributed by atoms with E-state index in [9.17, 15) is 0 Å². The molecule has 6 aromatic carbocycles. The Morgan fingerprint density at radius 3 is 1.42 bits per heavy atom. The number of para-hydroxylation sites is 2. The maximum atomic E-state index is 5.10. The van der Waals surface area contributed by atoms with E-state index in [1.165, 1.54) is 0 Å². The minimum Gasteiger partial charge on any atom is -0.232 e. The summed E-state index contributed by atoms with van der Waals surface area (Å²) in [6, 6.07) is 55.7. The predicted molar refractivity (Wildman–Crippen MR) is 182 cm³/mol. The van der Waals surface area contributed by atoms with Crippen LogP contribution in [0.5, 0.6) is 0 Å². The second-order valence-corrected chi connectivity index (χ2v) is 10.8. The van der Waals surface area contributed by atoms with E-state index >= 15 is 0 Å². The highest BCUT2D eigenvalue weighted by Gasteiger charge is 2.15. The first-order valence-corrected chi connectivity index (χ1v) is 14.9. The van der Waals surface area contributed by atoms with Crippen LogP contribution >= 0.6 is 0 Å². The van der Waals surface area contributed by atoms with Gasteiger partial charge in [0.1, 0.15) is 5.69 Å². The standard InChI is InChI=1S/C40H27N5/c1-4-14-28(15-5-1)38-41-39(29-16-6-2-7-17-29)43-40(42-38)33-21-13-19-31(27-33)30-18-12-20-32(26-30)37-35-24-10-11-25-36(35)45(44-37)34-22-8-3-9-23-34/h1-27H. The van der Waals surface area contributed by atoms with E-state index < -0.39 is 0 Å². The molecular formula is C40H27N5. The number of nitrogens with zero attached hydrogens (tertiary/aromatic N) is 5. The molecule has 0 amide bonds. The highest BCUT2D eigenvalue weighted by molar-refractivity contribution is 5.95. The van der Waals surface area contributed by atoms with Gasteiger partial charge in [-0.3, -0.25) is 0 Å². The molecule has 5 heteroatoms. The summed E-state index contributed by atoms with van der Waals surface area (Å²) in [5.41, 5.74) is 9.10. The molecule has 0 aliphatic carbocycles. The molecular weight excluding hydrogens is 550 g/mol. The minimum absolute atomic E-state index is 0.633. The van der Waals surface area contributed by atoms with E-state index in [2.05, 4.69) is 84.9 Å².